The number of esters is 1. The van der Waals surface area contributed by atoms with E-state index >= 15 is 0 Å². The number of aryl methyl sites for hydroxylation is 1. The molecule has 0 aliphatic heterocycles. The van der Waals surface area contributed by atoms with Gasteiger partial charge in [0.2, 0.25) is 0 Å². The Labute approximate surface area is 164 Å². The zero-order valence-corrected chi connectivity index (χ0v) is 16.0. The maximum atomic E-state index is 12.3. The molecule has 0 aliphatic carbocycles. The van der Waals surface area contributed by atoms with E-state index < -0.39 is 5.97 Å². The molecule has 0 saturated carbocycles. The third kappa shape index (κ3) is 4.01. The third-order valence-electron chi connectivity index (χ3n) is 3.53. The molecule has 7 heteroatoms. The Hall–Kier alpha value is -1.52. The Morgan fingerprint density at radius 2 is 1.72 bits per heavy atom. The van der Waals surface area contributed by atoms with Gasteiger partial charge in [-0.1, -0.05) is 52.5 Å². The van der Waals surface area contributed by atoms with Crippen LogP contribution in [-0.4, -0.2) is 11.0 Å². The Bertz CT molecular complexity index is 988. The summed E-state index contributed by atoms with van der Waals surface area (Å²) in [5.41, 5.74) is 1.88. The van der Waals surface area contributed by atoms with Gasteiger partial charge in [-0.25, -0.2) is 4.98 Å². The van der Waals surface area contributed by atoms with Crippen LogP contribution in [0.5, 0.6) is 5.75 Å². The van der Waals surface area contributed by atoms with Crippen LogP contribution in [0.15, 0.2) is 36.4 Å². The number of carbonyl (C=O) groups is 1. The standard InChI is InChI=1S/C18H11Cl4NO2/c1-9-2-4-11-13(20)8-15(22)18(17(11)23-9)25-16(24)7-10-3-5-12(19)14(21)6-10/h2-6,8H,7H2,1H3. The molecule has 0 N–H and O–H groups in total. The normalized spacial score (nSPS) is 10.9. The molecule has 25 heavy (non-hydrogen) atoms. The fourth-order valence-corrected chi connectivity index (χ4v) is 3.23. The van der Waals surface area contributed by atoms with Gasteiger partial charge in [0.25, 0.3) is 0 Å². The van der Waals surface area contributed by atoms with Gasteiger partial charge in [0.15, 0.2) is 5.75 Å². The molecule has 0 unspecified atom stereocenters. The summed E-state index contributed by atoms with van der Waals surface area (Å²) in [5, 5.41) is 2.12. The number of benzene rings is 2. The van der Waals surface area contributed by atoms with E-state index in [4.69, 9.17) is 51.1 Å². The molecular formula is C18H11Cl4NO2. The molecule has 0 bridgehead atoms. The SMILES string of the molecule is Cc1ccc2c(Cl)cc(Cl)c(OC(=O)Cc3ccc(Cl)c(Cl)c3)c2n1. The second-order valence-electron chi connectivity index (χ2n) is 5.42. The number of carbonyl (C=O) groups excluding carboxylic acids is 1. The largest absolute Gasteiger partial charge is 0.422 e. The van der Waals surface area contributed by atoms with Gasteiger partial charge in [0.1, 0.15) is 5.52 Å². The topological polar surface area (TPSA) is 39.2 Å². The average molecular weight is 415 g/mol. The van der Waals surface area contributed by atoms with Crippen LogP contribution in [0.2, 0.25) is 20.1 Å². The Morgan fingerprint density at radius 1 is 0.960 bits per heavy atom. The number of hydrogen-bond acceptors (Lipinski definition) is 3. The number of hydrogen-bond donors (Lipinski definition) is 0. The zero-order chi connectivity index (χ0) is 18.1. The summed E-state index contributed by atoms with van der Waals surface area (Å²) in [7, 11) is 0. The lowest BCUT2D eigenvalue weighted by Crippen LogP contribution is -2.12. The van der Waals surface area contributed by atoms with Crippen molar-refractivity contribution in [3.05, 3.63) is 67.7 Å². The fraction of sp³-hybridized carbons (Fsp3) is 0.111. The summed E-state index contributed by atoms with van der Waals surface area (Å²) in [5.74, 6) is -0.304. The van der Waals surface area contributed by atoms with E-state index in [1.54, 1.807) is 18.2 Å². The van der Waals surface area contributed by atoms with Crippen LogP contribution in [0, 0.1) is 6.92 Å². The first-order chi connectivity index (χ1) is 11.8. The van der Waals surface area contributed by atoms with Crippen molar-refractivity contribution in [3.63, 3.8) is 0 Å². The quantitative estimate of drug-likeness (QED) is 0.372. The molecule has 1 heterocycles. The molecule has 1 aromatic heterocycles. The van der Waals surface area contributed by atoms with Crippen LogP contribution in [0.4, 0.5) is 0 Å². The Balaban J connectivity index is 1.93. The number of pyridine rings is 1. The monoisotopic (exact) mass is 413 g/mol. The van der Waals surface area contributed by atoms with Gasteiger partial charge in [-0.3, -0.25) is 4.79 Å². The Morgan fingerprint density at radius 3 is 2.44 bits per heavy atom. The van der Waals surface area contributed by atoms with Gasteiger partial charge in [0.05, 0.1) is 26.5 Å². The van der Waals surface area contributed by atoms with Crippen LogP contribution in [0.1, 0.15) is 11.3 Å². The molecular weight excluding hydrogens is 404 g/mol. The highest BCUT2D eigenvalue weighted by molar-refractivity contribution is 6.42. The molecule has 2 aromatic carbocycles. The van der Waals surface area contributed by atoms with Crippen molar-refractivity contribution in [1.29, 1.82) is 0 Å². The lowest BCUT2D eigenvalue weighted by atomic mass is 10.1. The first-order valence-electron chi connectivity index (χ1n) is 7.25. The second-order valence-corrected chi connectivity index (χ2v) is 7.05. The first-order valence-corrected chi connectivity index (χ1v) is 8.76. The van der Waals surface area contributed by atoms with E-state index in [1.807, 2.05) is 19.1 Å². The first kappa shape index (κ1) is 18.3. The highest BCUT2D eigenvalue weighted by atomic mass is 35.5. The minimum absolute atomic E-state index is 0.0170. The van der Waals surface area contributed by atoms with E-state index in [2.05, 4.69) is 4.98 Å². The minimum Gasteiger partial charge on any atom is -0.422 e. The highest BCUT2D eigenvalue weighted by Gasteiger charge is 2.17. The number of nitrogens with zero attached hydrogens (tertiary/aromatic N) is 1. The molecule has 0 saturated heterocycles. The molecule has 0 aliphatic rings. The van der Waals surface area contributed by atoms with Crippen LogP contribution in [-0.2, 0) is 11.2 Å². The summed E-state index contributed by atoms with van der Waals surface area (Å²) in [6, 6.07) is 10.1. The average Bonchev–Trinajstić information content (AvgIpc) is 2.54. The summed E-state index contributed by atoms with van der Waals surface area (Å²) in [4.78, 5) is 16.7. The van der Waals surface area contributed by atoms with E-state index in [9.17, 15) is 4.79 Å². The molecule has 0 radical (unpaired) electrons. The Kier molecular flexibility index (Phi) is 5.40. The summed E-state index contributed by atoms with van der Waals surface area (Å²) in [6.45, 7) is 1.83. The lowest BCUT2D eigenvalue weighted by molar-refractivity contribution is -0.133. The molecule has 0 spiro atoms. The van der Waals surface area contributed by atoms with E-state index in [0.29, 0.717) is 31.5 Å². The highest BCUT2D eigenvalue weighted by Crippen LogP contribution is 2.37. The summed E-state index contributed by atoms with van der Waals surface area (Å²) < 4.78 is 5.47. The third-order valence-corrected chi connectivity index (χ3v) is 4.86. The number of halogens is 4. The van der Waals surface area contributed by atoms with Crippen molar-refractivity contribution in [2.45, 2.75) is 13.3 Å². The predicted octanol–water partition coefficient (Wildman–Crippen LogP) is 6.30. The molecule has 0 fully saturated rings. The molecule has 3 rings (SSSR count). The molecule has 128 valence electrons. The van der Waals surface area contributed by atoms with Crippen LogP contribution in [0.25, 0.3) is 10.9 Å². The van der Waals surface area contributed by atoms with Gasteiger partial charge in [0, 0.05) is 11.1 Å². The van der Waals surface area contributed by atoms with Gasteiger partial charge in [-0.15, -0.1) is 0 Å². The lowest BCUT2D eigenvalue weighted by Gasteiger charge is -2.11. The van der Waals surface area contributed by atoms with Crippen molar-refractivity contribution in [2.24, 2.45) is 0 Å². The van der Waals surface area contributed by atoms with E-state index in [1.165, 1.54) is 6.07 Å². The number of fused-ring (bicyclic) bond motifs is 1. The number of rotatable bonds is 3. The second kappa shape index (κ2) is 7.38. The molecule has 0 amide bonds. The van der Waals surface area contributed by atoms with Gasteiger partial charge >= 0.3 is 5.97 Å². The van der Waals surface area contributed by atoms with Gasteiger partial charge in [-0.05, 0) is 42.8 Å². The fourth-order valence-electron chi connectivity index (χ4n) is 2.35. The molecule has 0 atom stereocenters. The number of ether oxygens (including phenoxy) is 1. The van der Waals surface area contributed by atoms with Crippen molar-refractivity contribution >= 4 is 63.3 Å². The summed E-state index contributed by atoms with van der Waals surface area (Å²) >= 11 is 24.2. The molecule has 3 nitrogen and oxygen atoms in total. The minimum atomic E-state index is -0.493. The van der Waals surface area contributed by atoms with Crippen molar-refractivity contribution in [3.8, 4) is 5.75 Å². The van der Waals surface area contributed by atoms with Crippen molar-refractivity contribution < 1.29 is 9.53 Å². The zero-order valence-electron chi connectivity index (χ0n) is 12.9. The maximum Gasteiger partial charge on any atom is 0.315 e. The number of aromatic nitrogens is 1. The van der Waals surface area contributed by atoms with E-state index in [-0.39, 0.29) is 17.2 Å². The van der Waals surface area contributed by atoms with Crippen LogP contribution >= 0.6 is 46.4 Å². The van der Waals surface area contributed by atoms with Crippen molar-refractivity contribution in [1.82, 2.24) is 4.98 Å². The van der Waals surface area contributed by atoms with Gasteiger partial charge in [-0.2, -0.15) is 0 Å². The van der Waals surface area contributed by atoms with Crippen molar-refractivity contribution in [2.75, 3.05) is 0 Å². The maximum absolute atomic E-state index is 12.3. The molecule has 3 aromatic rings. The van der Waals surface area contributed by atoms with Gasteiger partial charge < -0.3 is 4.74 Å². The smallest absolute Gasteiger partial charge is 0.315 e. The predicted molar refractivity (Wildman–Crippen MR) is 102 cm³/mol. The summed E-state index contributed by atoms with van der Waals surface area (Å²) in [6.07, 6.45) is 0.0170. The van der Waals surface area contributed by atoms with Crippen LogP contribution < -0.4 is 4.74 Å². The van der Waals surface area contributed by atoms with Crippen LogP contribution in [0.3, 0.4) is 0 Å². The van der Waals surface area contributed by atoms with E-state index in [0.717, 1.165) is 5.69 Å².